The minimum atomic E-state index is -0.407. The van der Waals surface area contributed by atoms with E-state index in [4.69, 9.17) is 4.74 Å². The highest BCUT2D eigenvalue weighted by molar-refractivity contribution is 6.00. The molecule has 0 saturated carbocycles. The van der Waals surface area contributed by atoms with Crippen LogP contribution in [0.4, 0.5) is 20.6 Å². The zero-order chi connectivity index (χ0) is 18.7. The fourth-order valence-electron chi connectivity index (χ4n) is 2.64. The first-order valence-electron chi connectivity index (χ1n) is 7.98. The molecule has 0 spiro atoms. The Morgan fingerprint density at radius 3 is 2.38 bits per heavy atom. The molecule has 0 unspecified atom stereocenters. The summed E-state index contributed by atoms with van der Waals surface area (Å²) in [6.07, 6.45) is 1.17. The van der Waals surface area contributed by atoms with Gasteiger partial charge in [0.05, 0.1) is 13.3 Å². The number of ether oxygens (including phenoxy) is 1. The minimum Gasteiger partial charge on any atom is -0.497 e. The monoisotopic (exact) mass is 354 g/mol. The first-order valence-corrected chi connectivity index (χ1v) is 7.98. The van der Waals surface area contributed by atoms with Crippen LogP contribution < -0.4 is 15.4 Å². The number of nitrogens with one attached hydrogen (secondary N) is 2. The molecular weight excluding hydrogens is 335 g/mol. The smallest absolute Gasteiger partial charge is 0.323 e. The van der Waals surface area contributed by atoms with Gasteiger partial charge in [-0.25, -0.2) is 9.18 Å². The van der Waals surface area contributed by atoms with Crippen LogP contribution in [0.15, 0.2) is 48.7 Å². The number of hydrogen-bond acceptors (Lipinski definition) is 3. The molecule has 0 atom stereocenters. The first-order chi connectivity index (χ1) is 12.5. The molecule has 2 amide bonds. The molecule has 1 heterocycles. The zero-order valence-electron chi connectivity index (χ0n) is 14.7. The number of aromatic nitrogens is 2. The fraction of sp³-hybridized carbons (Fsp3) is 0.158. The molecule has 1 aromatic heterocycles. The molecule has 0 bridgehead atoms. The minimum absolute atomic E-state index is 0.377. The zero-order valence-corrected chi connectivity index (χ0v) is 14.7. The van der Waals surface area contributed by atoms with Gasteiger partial charge in [0.25, 0.3) is 0 Å². The molecule has 3 rings (SSSR count). The molecule has 0 aliphatic rings. The molecule has 0 aliphatic heterocycles. The van der Waals surface area contributed by atoms with Crippen molar-refractivity contribution in [2.24, 2.45) is 7.05 Å². The molecular formula is C19H19FN4O2. The number of aryl methyl sites for hydroxylation is 2. The van der Waals surface area contributed by atoms with E-state index in [0.717, 1.165) is 5.56 Å². The van der Waals surface area contributed by atoms with Crippen molar-refractivity contribution in [2.45, 2.75) is 6.92 Å². The van der Waals surface area contributed by atoms with E-state index in [1.165, 1.54) is 10.9 Å². The topological polar surface area (TPSA) is 68.2 Å². The van der Waals surface area contributed by atoms with Crippen molar-refractivity contribution in [2.75, 3.05) is 17.7 Å². The van der Waals surface area contributed by atoms with Crippen LogP contribution in [-0.2, 0) is 7.05 Å². The Hall–Kier alpha value is -3.35. The molecule has 0 radical (unpaired) electrons. The normalized spacial score (nSPS) is 10.5. The van der Waals surface area contributed by atoms with Crippen molar-refractivity contribution in [3.8, 4) is 17.0 Å². The van der Waals surface area contributed by atoms with Crippen molar-refractivity contribution in [3.05, 3.63) is 60.0 Å². The Labute approximate surface area is 150 Å². The van der Waals surface area contributed by atoms with Crippen LogP contribution in [0.3, 0.4) is 0 Å². The van der Waals surface area contributed by atoms with Crippen LogP contribution in [0.2, 0.25) is 0 Å². The summed E-state index contributed by atoms with van der Waals surface area (Å²) in [6.45, 7) is 1.88. The Bertz CT molecular complexity index is 916. The van der Waals surface area contributed by atoms with E-state index < -0.39 is 11.8 Å². The van der Waals surface area contributed by atoms with Crippen molar-refractivity contribution in [1.82, 2.24) is 9.78 Å². The van der Waals surface area contributed by atoms with Crippen molar-refractivity contribution < 1.29 is 13.9 Å². The number of rotatable bonds is 4. The third-order valence-corrected chi connectivity index (χ3v) is 3.99. The summed E-state index contributed by atoms with van der Waals surface area (Å²) >= 11 is 0. The number of benzene rings is 2. The molecule has 2 N–H and O–H groups in total. The van der Waals surface area contributed by atoms with Crippen molar-refractivity contribution in [1.29, 1.82) is 0 Å². The third-order valence-electron chi connectivity index (χ3n) is 3.99. The van der Waals surface area contributed by atoms with Gasteiger partial charge >= 0.3 is 6.03 Å². The average Bonchev–Trinajstić information content (AvgIpc) is 2.96. The SMILES string of the molecule is COc1ccc(NC(=O)Nc2ccc(C)c(-c3c(F)cnn3C)c2)cc1. The second-order valence-electron chi connectivity index (χ2n) is 5.80. The number of amides is 2. The Morgan fingerprint density at radius 2 is 1.77 bits per heavy atom. The van der Waals surface area contributed by atoms with Crippen LogP contribution in [0.25, 0.3) is 11.3 Å². The Balaban J connectivity index is 1.77. The van der Waals surface area contributed by atoms with Gasteiger partial charge in [0.1, 0.15) is 11.4 Å². The number of halogens is 1. The number of carbonyl (C=O) groups excluding carboxylic acids is 1. The molecule has 134 valence electrons. The van der Waals surface area contributed by atoms with Crippen molar-refractivity contribution >= 4 is 17.4 Å². The van der Waals surface area contributed by atoms with E-state index in [9.17, 15) is 9.18 Å². The van der Waals surface area contributed by atoms with Crippen molar-refractivity contribution in [3.63, 3.8) is 0 Å². The van der Waals surface area contributed by atoms with E-state index in [1.54, 1.807) is 50.6 Å². The summed E-state index contributed by atoms with van der Waals surface area (Å²) in [5.41, 5.74) is 3.12. The van der Waals surface area contributed by atoms with E-state index in [-0.39, 0.29) is 0 Å². The van der Waals surface area contributed by atoms with Gasteiger partial charge in [0.2, 0.25) is 0 Å². The first kappa shape index (κ1) is 17.5. The highest BCUT2D eigenvalue weighted by Gasteiger charge is 2.14. The lowest BCUT2D eigenvalue weighted by Crippen LogP contribution is -2.19. The molecule has 0 saturated heterocycles. The maximum absolute atomic E-state index is 14.0. The van der Waals surface area contributed by atoms with Gasteiger partial charge in [0, 0.05) is 24.0 Å². The standard InChI is InChI=1S/C19H19FN4O2/c1-12-4-5-14(10-16(12)18-17(20)11-21-24(18)2)23-19(25)22-13-6-8-15(26-3)9-7-13/h4-11H,1-3H3,(H2,22,23,25). The van der Waals surface area contributed by atoms with Crippen LogP contribution in [-0.4, -0.2) is 22.9 Å². The lowest BCUT2D eigenvalue weighted by atomic mass is 10.0. The summed E-state index contributed by atoms with van der Waals surface area (Å²) in [6, 6.07) is 11.9. The summed E-state index contributed by atoms with van der Waals surface area (Å²) in [7, 11) is 3.25. The predicted octanol–water partition coefficient (Wildman–Crippen LogP) is 4.19. The molecule has 0 aliphatic carbocycles. The number of methoxy groups -OCH3 is 1. The van der Waals surface area contributed by atoms with Crippen LogP contribution in [0.1, 0.15) is 5.56 Å². The maximum Gasteiger partial charge on any atom is 0.323 e. The lowest BCUT2D eigenvalue weighted by Gasteiger charge is -2.12. The van der Waals surface area contributed by atoms with Gasteiger partial charge in [0.15, 0.2) is 5.82 Å². The quantitative estimate of drug-likeness (QED) is 0.738. The molecule has 0 fully saturated rings. The second kappa shape index (κ2) is 7.26. The van der Waals surface area contributed by atoms with E-state index in [0.29, 0.717) is 28.4 Å². The van der Waals surface area contributed by atoms with Gasteiger partial charge in [-0.3, -0.25) is 4.68 Å². The van der Waals surface area contributed by atoms with E-state index in [2.05, 4.69) is 15.7 Å². The van der Waals surface area contributed by atoms with E-state index in [1.807, 2.05) is 13.0 Å². The van der Waals surface area contributed by atoms with Crippen LogP contribution in [0, 0.1) is 12.7 Å². The number of hydrogen-bond donors (Lipinski definition) is 2. The maximum atomic E-state index is 14.0. The summed E-state index contributed by atoms with van der Waals surface area (Å²) in [5.74, 6) is 0.299. The van der Waals surface area contributed by atoms with Gasteiger partial charge in [-0.15, -0.1) is 0 Å². The van der Waals surface area contributed by atoms with Gasteiger partial charge in [-0.1, -0.05) is 6.07 Å². The summed E-state index contributed by atoms with van der Waals surface area (Å²) < 4.78 is 20.6. The van der Waals surface area contributed by atoms with E-state index >= 15 is 0 Å². The largest absolute Gasteiger partial charge is 0.497 e. The third kappa shape index (κ3) is 3.66. The Kier molecular flexibility index (Phi) is 4.88. The lowest BCUT2D eigenvalue weighted by molar-refractivity contribution is 0.262. The fourth-order valence-corrected chi connectivity index (χ4v) is 2.64. The Morgan fingerprint density at radius 1 is 1.12 bits per heavy atom. The van der Waals surface area contributed by atoms with Crippen LogP contribution in [0.5, 0.6) is 5.75 Å². The molecule has 3 aromatic rings. The molecule has 2 aromatic carbocycles. The number of nitrogens with zero attached hydrogens (tertiary/aromatic N) is 2. The highest BCUT2D eigenvalue weighted by atomic mass is 19.1. The summed E-state index contributed by atoms with van der Waals surface area (Å²) in [5, 5.41) is 9.42. The average molecular weight is 354 g/mol. The summed E-state index contributed by atoms with van der Waals surface area (Å²) in [4.78, 5) is 12.2. The van der Waals surface area contributed by atoms with Crippen LogP contribution >= 0.6 is 0 Å². The number of urea groups is 1. The highest BCUT2D eigenvalue weighted by Crippen LogP contribution is 2.28. The van der Waals surface area contributed by atoms with Gasteiger partial charge in [-0.2, -0.15) is 5.10 Å². The predicted molar refractivity (Wildman–Crippen MR) is 99.0 cm³/mol. The number of anilines is 2. The molecule has 26 heavy (non-hydrogen) atoms. The second-order valence-corrected chi connectivity index (χ2v) is 5.80. The molecule has 6 nitrogen and oxygen atoms in total. The van der Waals surface area contributed by atoms with Gasteiger partial charge < -0.3 is 15.4 Å². The molecule has 7 heteroatoms. The van der Waals surface area contributed by atoms with Gasteiger partial charge in [-0.05, 0) is 48.9 Å². The number of carbonyl (C=O) groups is 1.